The number of nitrogens with one attached hydrogen (secondary N) is 1. The van der Waals surface area contributed by atoms with Crippen LogP contribution in [0.1, 0.15) is 13.8 Å². The zero-order chi connectivity index (χ0) is 5.86. The van der Waals surface area contributed by atoms with Gasteiger partial charge in [0, 0.05) is 18.4 Å². The Hall–Kier alpha value is -0.660. The van der Waals surface area contributed by atoms with E-state index in [0.717, 1.165) is 11.4 Å². The Balaban J connectivity index is 3.72. The molecular weight excluding hydrogens is 88.1 g/mol. The first-order valence-corrected chi connectivity index (χ1v) is 2.29. The largest absolute Gasteiger partial charge is 0.401 e. The van der Waals surface area contributed by atoms with Crippen LogP contribution in [0.3, 0.4) is 0 Å². The molecule has 0 aliphatic heterocycles. The van der Waals surface area contributed by atoms with Gasteiger partial charge in [0.2, 0.25) is 0 Å². The Morgan fingerprint density at radius 3 is 1.86 bits per heavy atom. The molecule has 0 radical (unpaired) electrons. The number of nitrogens with two attached hydrogens (primary N) is 1. The van der Waals surface area contributed by atoms with Crippen molar-refractivity contribution in [1.82, 2.24) is 5.32 Å². The highest BCUT2D eigenvalue weighted by Crippen LogP contribution is 1.86. The van der Waals surface area contributed by atoms with Crippen LogP contribution in [0, 0.1) is 0 Å². The summed E-state index contributed by atoms with van der Waals surface area (Å²) in [6, 6.07) is 0. The highest BCUT2D eigenvalue weighted by atomic mass is 14.8. The number of allylic oxidation sites excluding steroid dienone is 2. The van der Waals surface area contributed by atoms with Gasteiger partial charge in [-0.05, 0) is 13.8 Å². The maximum Gasteiger partial charge on any atom is 0.0260 e. The van der Waals surface area contributed by atoms with E-state index >= 15 is 0 Å². The van der Waals surface area contributed by atoms with E-state index < -0.39 is 0 Å². The first kappa shape index (κ1) is 6.34. The van der Waals surface area contributed by atoms with Crippen molar-refractivity contribution >= 4 is 0 Å². The highest BCUT2D eigenvalue weighted by Gasteiger charge is 1.81. The molecule has 2 nitrogen and oxygen atoms in total. The fourth-order valence-electron chi connectivity index (χ4n) is 0.197. The Bertz CT molecular complexity index is 80.1. The van der Waals surface area contributed by atoms with Crippen molar-refractivity contribution in [3.63, 3.8) is 0 Å². The summed E-state index contributed by atoms with van der Waals surface area (Å²) in [5, 5.41) is 2.92. The second-order valence-electron chi connectivity index (χ2n) is 1.56. The molecule has 0 fully saturated rings. The van der Waals surface area contributed by atoms with Gasteiger partial charge in [-0.3, -0.25) is 0 Å². The summed E-state index contributed by atoms with van der Waals surface area (Å²) in [4.78, 5) is 0. The lowest BCUT2D eigenvalue weighted by molar-refractivity contribution is 0.949. The monoisotopic (exact) mass is 100 g/mol. The summed E-state index contributed by atoms with van der Waals surface area (Å²) in [5.41, 5.74) is 7.25. The van der Waals surface area contributed by atoms with Crippen molar-refractivity contribution in [2.45, 2.75) is 13.8 Å². The smallest absolute Gasteiger partial charge is 0.0260 e. The molecular formula is C5H12N2. The van der Waals surface area contributed by atoms with Gasteiger partial charge < -0.3 is 11.1 Å². The third-order valence-corrected chi connectivity index (χ3v) is 0.967. The zero-order valence-electron chi connectivity index (χ0n) is 5.08. The van der Waals surface area contributed by atoms with Gasteiger partial charge >= 0.3 is 0 Å². The summed E-state index contributed by atoms with van der Waals surface area (Å²) in [5.74, 6) is 0. The van der Waals surface area contributed by atoms with Crippen LogP contribution in [-0.2, 0) is 0 Å². The van der Waals surface area contributed by atoms with E-state index in [9.17, 15) is 0 Å². The number of hydrogen-bond donors (Lipinski definition) is 2. The van der Waals surface area contributed by atoms with Crippen molar-refractivity contribution in [2.24, 2.45) is 5.73 Å². The number of rotatable bonds is 1. The molecule has 0 aromatic carbocycles. The molecule has 2 heteroatoms. The van der Waals surface area contributed by atoms with E-state index in [-0.39, 0.29) is 0 Å². The van der Waals surface area contributed by atoms with Crippen molar-refractivity contribution in [1.29, 1.82) is 0 Å². The molecule has 0 aliphatic carbocycles. The summed E-state index contributed by atoms with van der Waals surface area (Å²) in [6.07, 6.45) is 0. The van der Waals surface area contributed by atoms with Gasteiger partial charge in [-0.15, -0.1) is 0 Å². The summed E-state index contributed by atoms with van der Waals surface area (Å²) in [6.45, 7) is 3.81. The third kappa shape index (κ3) is 2.09. The first-order chi connectivity index (χ1) is 3.18. The Morgan fingerprint density at radius 2 is 1.86 bits per heavy atom. The summed E-state index contributed by atoms with van der Waals surface area (Å²) in [7, 11) is 1.85. The maximum absolute atomic E-state index is 5.36. The van der Waals surface area contributed by atoms with Crippen molar-refractivity contribution < 1.29 is 0 Å². The lowest BCUT2D eigenvalue weighted by Crippen LogP contribution is -2.08. The summed E-state index contributed by atoms with van der Waals surface area (Å²) < 4.78 is 0. The quantitative estimate of drug-likeness (QED) is 0.501. The molecule has 0 saturated heterocycles. The predicted molar refractivity (Wildman–Crippen MR) is 31.6 cm³/mol. The molecule has 3 N–H and O–H groups in total. The lowest BCUT2D eigenvalue weighted by Gasteiger charge is -1.98. The average Bonchev–Trinajstić information content (AvgIpc) is 1.65. The van der Waals surface area contributed by atoms with Crippen LogP contribution in [-0.4, -0.2) is 7.05 Å². The van der Waals surface area contributed by atoms with E-state index in [1.807, 2.05) is 20.9 Å². The van der Waals surface area contributed by atoms with Gasteiger partial charge in [-0.25, -0.2) is 0 Å². The van der Waals surface area contributed by atoms with Gasteiger partial charge in [0.1, 0.15) is 0 Å². The van der Waals surface area contributed by atoms with E-state index in [4.69, 9.17) is 5.73 Å². The molecule has 0 saturated carbocycles. The molecule has 0 heterocycles. The van der Waals surface area contributed by atoms with Crippen molar-refractivity contribution in [3.05, 3.63) is 11.4 Å². The van der Waals surface area contributed by atoms with Crippen molar-refractivity contribution in [2.75, 3.05) is 7.05 Å². The predicted octanol–water partition coefficient (Wildman–Crippen LogP) is 0.416. The standard InChI is InChI=1S/C5H12N2/c1-4(6)5(2)7-3/h7H,6H2,1-3H3. The van der Waals surface area contributed by atoms with Gasteiger partial charge in [0.05, 0.1) is 0 Å². The molecule has 0 atom stereocenters. The fraction of sp³-hybridized carbons (Fsp3) is 0.600. The highest BCUT2D eigenvalue weighted by molar-refractivity contribution is 5.01. The number of hydrogen-bond acceptors (Lipinski definition) is 2. The van der Waals surface area contributed by atoms with Crippen LogP contribution in [0.25, 0.3) is 0 Å². The topological polar surface area (TPSA) is 38.0 Å². The molecule has 0 spiro atoms. The molecule has 0 aromatic heterocycles. The molecule has 0 aliphatic rings. The van der Waals surface area contributed by atoms with Crippen LogP contribution in [0.2, 0.25) is 0 Å². The molecule has 0 rings (SSSR count). The Labute approximate surface area is 44.4 Å². The van der Waals surface area contributed by atoms with Crippen LogP contribution in [0.4, 0.5) is 0 Å². The Kier molecular flexibility index (Phi) is 2.27. The van der Waals surface area contributed by atoms with Gasteiger partial charge in [0.25, 0.3) is 0 Å². The second kappa shape index (κ2) is 2.50. The molecule has 0 bridgehead atoms. The minimum Gasteiger partial charge on any atom is -0.401 e. The van der Waals surface area contributed by atoms with Crippen LogP contribution >= 0.6 is 0 Å². The molecule has 42 valence electrons. The van der Waals surface area contributed by atoms with Crippen LogP contribution < -0.4 is 11.1 Å². The molecule has 0 amide bonds. The van der Waals surface area contributed by atoms with E-state index in [1.54, 1.807) is 0 Å². The van der Waals surface area contributed by atoms with E-state index in [1.165, 1.54) is 0 Å². The fourth-order valence-corrected chi connectivity index (χ4v) is 0.197. The van der Waals surface area contributed by atoms with E-state index in [2.05, 4.69) is 5.32 Å². The summed E-state index contributed by atoms with van der Waals surface area (Å²) >= 11 is 0. The maximum atomic E-state index is 5.36. The first-order valence-electron chi connectivity index (χ1n) is 2.29. The Morgan fingerprint density at radius 1 is 1.43 bits per heavy atom. The van der Waals surface area contributed by atoms with Crippen LogP contribution in [0.5, 0.6) is 0 Å². The van der Waals surface area contributed by atoms with Gasteiger partial charge in [-0.1, -0.05) is 0 Å². The van der Waals surface area contributed by atoms with Crippen molar-refractivity contribution in [3.8, 4) is 0 Å². The molecule has 7 heavy (non-hydrogen) atoms. The molecule has 0 aromatic rings. The molecule has 0 unspecified atom stereocenters. The minimum atomic E-state index is 0.850. The van der Waals surface area contributed by atoms with Gasteiger partial charge in [-0.2, -0.15) is 0 Å². The zero-order valence-corrected chi connectivity index (χ0v) is 5.08. The second-order valence-corrected chi connectivity index (χ2v) is 1.56. The van der Waals surface area contributed by atoms with Crippen LogP contribution in [0.15, 0.2) is 11.4 Å². The third-order valence-electron chi connectivity index (χ3n) is 0.967. The SMILES string of the molecule is CNC(C)=C(C)N. The van der Waals surface area contributed by atoms with Gasteiger partial charge in [0.15, 0.2) is 0 Å². The van der Waals surface area contributed by atoms with E-state index in [0.29, 0.717) is 0 Å². The minimum absolute atomic E-state index is 0.850. The lowest BCUT2D eigenvalue weighted by atomic mass is 10.4. The normalized spacial score (nSPS) is 13.0. The average molecular weight is 100 g/mol.